The number of rotatable bonds is 0. The van der Waals surface area contributed by atoms with E-state index in [0.29, 0.717) is 0 Å². The fraction of sp³-hybridized carbons (Fsp3) is 0.400. The van der Waals surface area contributed by atoms with E-state index in [0.717, 1.165) is 0 Å². The van der Waals surface area contributed by atoms with Crippen molar-refractivity contribution in [1.29, 1.82) is 5.41 Å². The molecule has 0 aromatic rings. The maximum atomic E-state index is 10.4. The summed E-state index contributed by atoms with van der Waals surface area (Å²) in [5.74, 6) is -1.20. The molecule has 0 aromatic heterocycles. The van der Waals surface area contributed by atoms with Crippen LogP contribution in [0.1, 0.15) is 12.8 Å². The molecule has 1 rings (SSSR count). The van der Waals surface area contributed by atoms with Crippen molar-refractivity contribution in [1.82, 2.24) is 0 Å². The molecule has 0 atom stereocenters. The van der Waals surface area contributed by atoms with Crippen molar-refractivity contribution < 1.29 is 19.1 Å². The minimum absolute atomic E-state index is 0.0127. The van der Waals surface area contributed by atoms with E-state index < -0.39 is 18.0 Å². The predicted molar refractivity (Wildman–Crippen MR) is 29.1 cm³/mol. The van der Waals surface area contributed by atoms with Gasteiger partial charge in [0, 0.05) is 0 Å². The molecule has 0 aromatic carbocycles. The Kier molecular flexibility index (Phi) is 1.66. The summed E-state index contributed by atoms with van der Waals surface area (Å²) in [6.07, 6.45) is -0.755. The summed E-state index contributed by atoms with van der Waals surface area (Å²) in [6.45, 7) is 0. The maximum absolute atomic E-state index is 10.4. The molecule has 54 valence electrons. The summed E-state index contributed by atoms with van der Waals surface area (Å²) in [7, 11) is 0. The molecule has 1 aliphatic heterocycles. The molecule has 1 saturated heterocycles. The topological polar surface area (TPSA) is 76.5 Å². The number of carbonyl (C=O) groups is 2. The first-order valence-corrected chi connectivity index (χ1v) is 2.68. The van der Waals surface area contributed by atoms with Crippen molar-refractivity contribution in [2.24, 2.45) is 0 Å². The second kappa shape index (κ2) is 2.47. The minimum atomic E-state index is -0.729. The first kappa shape index (κ1) is 6.73. The molecule has 0 unspecified atom stereocenters. The Morgan fingerprint density at radius 2 is 1.50 bits per heavy atom. The van der Waals surface area contributed by atoms with Gasteiger partial charge in [0.1, 0.15) is 0 Å². The fourth-order valence-electron chi connectivity index (χ4n) is 0.534. The number of ether oxygens (including phenoxy) is 2. The van der Waals surface area contributed by atoms with Gasteiger partial charge in [0.2, 0.25) is 0 Å². The van der Waals surface area contributed by atoms with Crippen LogP contribution in [0.5, 0.6) is 0 Å². The molecule has 0 saturated carbocycles. The van der Waals surface area contributed by atoms with Crippen molar-refractivity contribution in [2.45, 2.75) is 12.8 Å². The Balaban J connectivity index is 2.63. The van der Waals surface area contributed by atoms with Gasteiger partial charge in [-0.25, -0.2) is 5.41 Å². The average Bonchev–Trinajstić information content (AvgIpc) is 1.93. The van der Waals surface area contributed by atoms with E-state index in [1.807, 2.05) is 0 Å². The molecule has 5 heteroatoms. The van der Waals surface area contributed by atoms with Crippen LogP contribution in [0.3, 0.4) is 0 Å². The summed E-state index contributed by atoms with van der Waals surface area (Å²) < 4.78 is 8.37. The SMILES string of the molecule is N=C1OC(=O)CCC(=O)O1. The lowest BCUT2D eigenvalue weighted by Gasteiger charge is -1.95. The molecule has 5 nitrogen and oxygen atoms in total. The summed E-state index contributed by atoms with van der Waals surface area (Å²) in [4.78, 5) is 20.9. The van der Waals surface area contributed by atoms with E-state index in [-0.39, 0.29) is 12.8 Å². The van der Waals surface area contributed by atoms with Gasteiger partial charge in [-0.2, -0.15) is 0 Å². The number of carbonyl (C=O) groups excluding carboxylic acids is 2. The number of cyclic esters (lactones) is 2. The number of nitrogens with one attached hydrogen (secondary N) is 1. The molecule has 0 bridgehead atoms. The molecule has 1 N–H and O–H groups in total. The van der Waals surface area contributed by atoms with Crippen LogP contribution in [0.2, 0.25) is 0 Å². The van der Waals surface area contributed by atoms with E-state index in [4.69, 9.17) is 5.41 Å². The highest BCUT2D eigenvalue weighted by molar-refractivity contribution is 5.93. The molecule has 0 amide bonds. The van der Waals surface area contributed by atoms with Crippen LogP contribution in [0.15, 0.2) is 0 Å². The lowest BCUT2D eigenvalue weighted by Crippen LogP contribution is -2.11. The van der Waals surface area contributed by atoms with E-state index in [2.05, 4.69) is 9.47 Å². The minimum Gasteiger partial charge on any atom is -0.377 e. The molecule has 0 spiro atoms. The predicted octanol–water partition coefficient (Wildman–Crippen LogP) is -0.199. The van der Waals surface area contributed by atoms with Crippen molar-refractivity contribution in [3.8, 4) is 0 Å². The van der Waals surface area contributed by atoms with Gasteiger partial charge in [-0.15, -0.1) is 0 Å². The molecule has 0 aliphatic carbocycles. The number of hydrogen-bond acceptors (Lipinski definition) is 5. The third-order valence-corrected chi connectivity index (χ3v) is 0.946. The first-order chi connectivity index (χ1) is 4.68. The van der Waals surface area contributed by atoms with Gasteiger partial charge in [-0.3, -0.25) is 9.59 Å². The summed E-state index contributed by atoms with van der Waals surface area (Å²) in [5.41, 5.74) is 0. The van der Waals surface area contributed by atoms with Gasteiger partial charge >= 0.3 is 18.0 Å². The Morgan fingerprint density at radius 3 is 1.90 bits per heavy atom. The van der Waals surface area contributed by atoms with Crippen LogP contribution in [-0.4, -0.2) is 18.0 Å². The Morgan fingerprint density at radius 1 is 1.10 bits per heavy atom. The quantitative estimate of drug-likeness (QED) is 0.476. The van der Waals surface area contributed by atoms with Gasteiger partial charge < -0.3 is 9.47 Å². The third-order valence-electron chi connectivity index (χ3n) is 0.946. The van der Waals surface area contributed by atoms with E-state index in [1.54, 1.807) is 0 Å². The molecule has 1 aliphatic rings. The molecule has 10 heavy (non-hydrogen) atoms. The molecular formula is C5H5NO4. The van der Waals surface area contributed by atoms with Crippen molar-refractivity contribution in [2.75, 3.05) is 0 Å². The first-order valence-electron chi connectivity index (χ1n) is 2.68. The highest BCUT2D eigenvalue weighted by Gasteiger charge is 2.19. The van der Waals surface area contributed by atoms with Crippen LogP contribution in [-0.2, 0) is 19.1 Å². The number of hydrogen-bond donors (Lipinski definition) is 1. The second-order valence-corrected chi connectivity index (χ2v) is 1.74. The van der Waals surface area contributed by atoms with Gasteiger partial charge in [0.25, 0.3) is 0 Å². The normalized spacial score (nSPS) is 19.4. The Bertz CT molecular complexity index is 178. The Labute approximate surface area is 56.4 Å². The van der Waals surface area contributed by atoms with Gasteiger partial charge in [0.05, 0.1) is 12.8 Å². The van der Waals surface area contributed by atoms with Crippen LogP contribution >= 0.6 is 0 Å². The standard InChI is InChI=1S/C5H5NO4/c6-5-9-3(7)1-2-4(8)10-5/h6H,1-2H2. The molecule has 1 fully saturated rings. The summed E-state index contributed by atoms with van der Waals surface area (Å²) >= 11 is 0. The van der Waals surface area contributed by atoms with Gasteiger partial charge in [-0.1, -0.05) is 0 Å². The lowest BCUT2D eigenvalue weighted by molar-refractivity contribution is -0.136. The van der Waals surface area contributed by atoms with E-state index in [9.17, 15) is 9.59 Å². The summed E-state index contributed by atoms with van der Waals surface area (Å²) in [6, 6.07) is 0. The number of esters is 2. The average molecular weight is 143 g/mol. The van der Waals surface area contributed by atoms with Gasteiger partial charge in [0.15, 0.2) is 0 Å². The van der Waals surface area contributed by atoms with Crippen molar-refractivity contribution >= 4 is 18.0 Å². The fourth-order valence-corrected chi connectivity index (χ4v) is 0.534. The monoisotopic (exact) mass is 143 g/mol. The van der Waals surface area contributed by atoms with Crippen LogP contribution in [0, 0.1) is 5.41 Å². The van der Waals surface area contributed by atoms with Gasteiger partial charge in [-0.05, 0) is 0 Å². The van der Waals surface area contributed by atoms with Crippen molar-refractivity contribution in [3.63, 3.8) is 0 Å². The molecular weight excluding hydrogens is 138 g/mol. The third kappa shape index (κ3) is 1.54. The zero-order chi connectivity index (χ0) is 7.56. The smallest absolute Gasteiger partial charge is 0.377 e. The second-order valence-electron chi connectivity index (χ2n) is 1.74. The largest absolute Gasteiger partial charge is 0.396 e. The van der Waals surface area contributed by atoms with Crippen LogP contribution in [0.25, 0.3) is 0 Å². The van der Waals surface area contributed by atoms with E-state index in [1.165, 1.54) is 0 Å². The zero-order valence-electron chi connectivity index (χ0n) is 5.05. The molecule has 1 heterocycles. The highest BCUT2D eigenvalue weighted by Crippen LogP contribution is 2.02. The Hall–Kier alpha value is -1.39. The maximum Gasteiger partial charge on any atom is 0.396 e. The van der Waals surface area contributed by atoms with Crippen LogP contribution in [0.4, 0.5) is 0 Å². The molecule has 0 radical (unpaired) electrons. The summed E-state index contributed by atoms with van der Waals surface area (Å²) in [5, 5.41) is 6.70. The highest BCUT2D eigenvalue weighted by atomic mass is 16.7. The van der Waals surface area contributed by atoms with Crippen molar-refractivity contribution in [3.05, 3.63) is 0 Å². The van der Waals surface area contributed by atoms with Crippen LogP contribution < -0.4 is 0 Å². The zero-order valence-corrected chi connectivity index (χ0v) is 5.05. The lowest BCUT2D eigenvalue weighted by atomic mass is 10.3. The van der Waals surface area contributed by atoms with E-state index >= 15 is 0 Å².